The number of likely N-dealkylation sites (tertiary alicyclic amines) is 1. The van der Waals surface area contributed by atoms with E-state index in [1.165, 1.54) is 0 Å². The SMILES string of the molecule is Nc1cc(N2CCN(C(=O)N[C@H]3CCCCN(C(=O)NCC(F)(F)F)C3=O)CC2)c2ccc(Cl)cc2n1. The molecule has 1 aromatic heterocycles. The van der Waals surface area contributed by atoms with E-state index in [2.05, 4.69) is 15.2 Å². The smallest absolute Gasteiger partial charge is 0.384 e. The van der Waals surface area contributed by atoms with Crippen LogP contribution in [0.4, 0.5) is 34.3 Å². The third kappa shape index (κ3) is 6.45. The minimum Gasteiger partial charge on any atom is -0.384 e. The second-order valence-electron chi connectivity index (χ2n) is 8.96. The highest BCUT2D eigenvalue weighted by Gasteiger charge is 2.35. The van der Waals surface area contributed by atoms with Crippen LogP contribution in [0.5, 0.6) is 0 Å². The van der Waals surface area contributed by atoms with Crippen LogP contribution in [0, 0.1) is 0 Å². The van der Waals surface area contributed by atoms with Gasteiger partial charge in [0.1, 0.15) is 18.4 Å². The molecule has 0 radical (unpaired) electrons. The maximum Gasteiger partial charge on any atom is 0.405 e. The number of nitrogen functional groups attached to an aromatic ring is 1. The maximum absolute atomic E-state index is 12.9. The van der Waals surface area contributed by atoms with Crippen molar-refractivity contribution >= 4 is 52.0 Å². The van der Waals surface area contributed by atoms with Gasteiger partial charge >= 0.3 is 18.2 Å². The molecule has 0 saturated carbocycles. The summed E-state index contributed by atoms with van der Waals surface area (Å²) in [4.78, 5) is 46.7. The van der Waals surface area contributed by atoms with Crippen LogP contribution in [0.2, 0.25) is 5.02 Å². The number of rotatable bonds is 3. The van der Waals surface area contributed by atoms with Crippen LogP contribution in [-0.4, -0.2) is 84.2 Å². The molecule has 4 N–H and O–H groups in total. The quantitative estimate of drug-likeness (QED) is 0.549. The number of nitrogens with one attached hydrogen (secondary N) is 2. The van der Waals surface area contributed by atoms with Crippen molar-refractivity contribution in [1.82, 2.24) is 25.4 Å². The number of imide groups is 1. The fourth-order valence-electron chi connectivity index (χ4n) is 4.50. The molecular formula is C23H27ClF3N7O3. The molecule has 2 aliphatic heterocycles. The zero-order chi connectivity index (χ0) is 26.7. The fraction of sp³-hybridized carbons (Fsp3) is 0.478. The lowest BCUT2D eigenvalue weighted by Crippen LogP contribution is -2.57. The lowest BCUT2D eigenvalue weighted by molar-refractivity contribution is -0.132. The number of alkyl halides is 3. The van der Waals surface area contributed by atoms with Crippen molar-refractivity contribution < 1.29 is 27.6 Å². The Labute approximate surface area is 215 Å². The Hall–Kier alpha value is -3.48. The number of nitrogens with two attached hydrogens (primary N) is 1. The van der Waals surface area contributed by atoms with Gasteiger partial charge in [0.15, 0.2) is 0 Å². The Kier molecular flexibility index (Phi) is 7.81. The molecule has 2 aromatic rings. The van der Waals surface area contributed by atoms with Gasteiger partial charge in [0.05, 0.1) is 5.52 Å². The molecule has 1 aromatic carbocycles. The van der Waals surface area contributed by atoms with E-state index >= 15 is 0 Å². The van der Waals surface area contributed by atoms with Gasteiger partial charge in [0.2, 0.25) is 0 Å². The molecule has 0 unspecified atom stereocenters. The van der Waals surface area contributed by atoms with Gasteiger partial charge in [-0.3, -0.25) is 9.69 Å². The van der Waals surface area contributed by atoms with Crippen LogP contribution in [-0.2, 0) is 4.79 Å². The topological polar surface area (TPSA) is 124 Å². The van der Waals surface area contributed by atoms with Gasteiger partial charge in [0.25, 0.3) is 5.91 Å². The largest absolute Gasteiger partial charge is 0.405 e. The first-order chi connectivity index (χ1) is 17.5. The zero-order valence-electron chi connectivity index (χ0n) is 19.9. The average Bonchev–Trinajstić information content (AvgIpc) is 3.02. The van der Waals surface area contributed by atoms with Gasteiger partial charge in [-0.25, -0.2) is 14.6 Å². The number of hydrogen-bond acceptors (Lipinski definition) is 6. The number of pyridine rings is 1. The number of carbonyl (C=O) groups is 3. The number of urea groups is 2. The molecule has 4 rings (SSSR count). The summed E-state index contributed by atoms with van der Waals surface area (Å²) in [6.07, 6.45) is -3.33. The monoisotopic (exact) mass is 541 g/mol. The standard InChI is InChI=1S/C23H27ClF3N7O3/c24-14-4-5-15-17(11-14)30-19(28)12-18(15)32-7-9-33(10-8-32)22(37)31-16-3-1-2-6-34(20(16)35)21(36)29-13-23(25,26)27/h4-5,11-12,16H,1-3,6-10,13H2,(H2,28,30)(H,29,36)(H,31,37)/t16-/m0/s1. The summed E-state index contributed by atoms with van der Waals surface area (Å²) in [5.74, 6) is -0.373. The summed E-state index contributed by atoms with van der Waals surface area (Å²) >= 11 is 6.08. The minimum atomic E-state index is -4.60. The van der Waals surface area contributed by atoms with E-state index in [1.807, 2.05) is 6.07 Å². The number of anilines is 2. The number of aromatic nitrogens is 1. The van der Waals surface area contributed by atoms with E-state index in [1.54, 1.807) is 28.4 Å². The number of piperazine rings is 1. The Bertz CT molecular complexity index is 1180. The number of carbonyl (C=O) groups excluding carboxylic acids is 3. The number of hydrogen-bond donors (Lipinski definition) is 3. The molecule has 10 nitrogen and oxygen atoms in total. The van der Waals surface area contributed by atoms with Crippen LogP contribution in [0.15, 0.2) is 24.3 Å². The Morgan fingerprint density at radius 1 is 1.08 bits per heavy atom. The Morgan fingerprint density at radius 3 is 2.51 bits per heavy atom. The summed E-state index contributed by atoms with van der Waals surface area (Å²) in [7, 11) is 0. The van der Waals surface area contributed by atoms with Gasteiger partial charge in [0, 0.05) is 54.9 Å². The van der Waals surface area contributed by atoms with E-state index in [0.29, 0.717) is 61.8 Å². The summed E-state index contributed by atoms with van der Waals surface area (Å²) in [6, 6.07) is 4.55. The van der Waals surface area contributed by atoms with Gasteiger partial charge in [-0.2, -0.15) is 13.2 Å². The normalized spacial score (nSPS) is 19.1. The summed E-state index contributed by atoms with van der Waals surface area (Å²) in [5, 5.41) is 5.81. The summed E-state index contributed by atoms with van der Waals surface area (Å²) in [6.45, 7) is 0.169. The van der Waals surface area contributed by atoms with Gasteiger partial charge in [-0.05, 0) is 37.5 Å². The lowest BCUT2D eigenvalue weighted by atomic mass is 10.1. The second kappa shape index (κ2) is 10.9. The summed E-state index contributed by atoms with van der Waals surface area (Å²) in [5.41, 5.74) is 7.52. The third-order valence-corrected chi connectivity index (χ3v) is 6.58. The molecule has 5 amide bonds. The van der Waals surface area contributed by atoms with Gasteiger partial charge in [-0.15, -0.1) is 0 Å². The molecule has 37 heavy (non-hydrogen) atoms. The molecule has 0 spiro atoms. The van der Waals surface area contributed by atoms with Crippen molar-refractivity contribution in [3.05, 3.63) is 29.3 Å². The molecule has 2 saturated heterocycles. The zero-order valence-corrected chi connectivity index (χ0v) is 20.6. The van der Waals surface area contributed by atoms with E-state index in [-0.39, 0.29) is 6.54 Å². The van der Waals surface area contributed by atoms with Crippen molar-refractivity contribution in [3.63, 3.8) is 0 Å². The van der Waals surface area contributed by atoms with Gasteiger partial charge < -0.3 is 26.2 Å². The lowest BCUT2D eigenvalue weighted by Gasteiger charge is -2.37. The molecule has 0 aliphatic carbocycles. The van der Waals surface area contributed by atoms with Crippen LogP contribution < -0.4 is 21.3 Å². The molecule has 1 atom stereocenters. The number of nitrogens with zero attached hydrogens (tertiary/aromatic N) is 4. The number of halogens is 4. The molecule has 2 fully saturated rings. The molecule has 3 heterocycles. The first-order valence-electron chi connectivity index (χ1n) is 11.8. The van der Waals surface area contributed by atoms with Crippen molar-refractivity contribution in [3.8, 4) is 0 Å². The van der Waals surface area contributed by atoms with Crippen LogP contribution in [0.1, 0.15) is 19.3 Å². The molecule has 2 aliphatic rings. The predicted octanol–water partition coefficient (Wildman–Crippen LogP) is 2.96. The van der Waals surface area contributed by atoms with Crippen molar-refractivity contribution in [2.24, 2.45) is 0 Å². The number of fused-ring (bicyclic) bond motifs is 1. The van der Waals surface area contributed by atoms with E-state index < -0.39 is 36.7 Å². The molecular weight excluding hydrogens is 515 g/mol. The first kappa shape index (κ1) is 26.6. The first-order valence-corrected chi connectivity index (χ1v) is 12.2. The molecule has 14 heteroatoms. The predicted molar refractivity (Wildman–Crippen MR) is 132 cm³/mol. The third-order valence-electron chi connectivity index (χ3n) is 6.35. The maximum atomic E-state index is 12.9. The van der Waals surface area contributed by atoms with Crippen molar-refractivity contribution in [2.45, 2.75) is 31.5 Å². The van der Waals surface area contributed by atoms with E-state index in [4.69, 9.17) is 17.3 Å². The fourth-order valence-corrected chi connectivity index (χ4v) is 4.67. The van der Waals surface area contributed by atoms with Gasteiger partial charge in [-0.1, -0.05) is 11.6 Å². The summed E-state index contributed by atoms with van der Waals surface area (Å²) < 4.78 is 37.4. The van der Waals surface area contributed by atoms with E-state index in [0.717, 1.165) is 16.0 Å². The van der Waals surface area contributed by atoms with Crippen LogP contribution in [0.25, 0.3) is 10.9 Å². The Balaban J connectivity index is 1.37. The number of amides is 5. The number of benzene rings is 1. The highest BCUT2D eigenvalue weighted by atomic mass is 35.5. The molecule has 200 valence electrons. The van der Waals surface area contributed by atoms with E-state index in [9.17, 15) is 27.6 Å². The Morgan fingerprint density at radius 2 is 1.81 bits per heavy atom. The van der Waals surface area contributed by atoms with Crippen LogP contribution in [0.3, 0.4) is 0 Å². The average molecular weight is 542 g/mol. The highest BCUT2D eigenvalue weighted by Crippen LogP contribution is 2.30. The molecule has 0 bridgehead atoms. The minimum absolute atomic E-state index is 0.0121. The van der Waals surface area contributed by atoms with Crippen molar-refractivity contribution in [2.75, 3.05) is 49.9 Å². The highest BCUT2D eigenvalue weighted by molar-refractivity contribution is 6.31. The van der Waals surface area contributed by atoms with Crippen molar-refractivity contribution in [1.29, 1.82) is 0 Å². The van der Waals surface area contributed by atoms with Crippen LogP contribution >= 0.6 is 11.6 Å². The second-order valence-corrected chi connectivity index (χ2v) is 9.40.